The molecule has 0 radical (unpaired) electrons. The van der Waals surface area contributed by atoms with Crippen LogP contribution in [0.3, 0.4) is 0 Å². The molecule has 1 aliphatic heterocycles. The number of hydrogen-bond acceptors (Lipinski definition) is 3. The zero-order valence-corrected chi connectivity index (χ0v) is 11.3. The van der Waals surface area contributed by atoms with Crippen molar-refractivity contribution in [3.63, 3.8) is 0 Å². The Hall–Kier alpha value is -0.390. The Bertz CT molecular complexity index is 344. The maximum absolute atomic E-state index is 5.90. The average molecular weight is 287 g/mol. The molecule has 1 fully saturated rings. The van der Waals surface area contributed by atoms with Gasteiger partial charge < -0.3 is 10.7 Å². The standard InChI is InChI=1S/C11H19BrN4/c1-8-14-10(11(12)15-8)9(7-13)16-5-3-2-4-6-16/h9H,2-7,13H2,1H3,(H,14,15). The maximum Gasteiger partial charge on any atom is 0.129 e. The van der Waals surface area contributed by atoms with Crippen LogP contribution in [0.5, 0.6) is 0 Å². The van der Waals surface area contributed by atoms with Crippen LogP contribution < -0.4 is 5.73 Å². The van der Waals surface area contributed by atoms with E-state index in [0.717, 1.165) is 29.2 Å². The van der Waals surface area contributed by atoms with E-state index < -0.39 is 0 Å². The highest BCUT2D eigenvalue weighted by atomic mass is 79.9. The minimum absolute atomic E-state index is 0.274. The number of halogens is 1. The molecule has 0 spiro atoms. The highest BCUT2D eigenvalue weighted by Gasteiger charge is 2.24. The van der Waals surface area contributed by atoms with Gasteiger partial charge in [0.1, 0.15) is 10.4 Å². The van der Waals surface area contributed by atoms with E-state index in [2.05, 4.69) is 30.8 Å². The third-order valence-electron chi connectivity index (χ3n) is 3.19. The number of aromatic nitrogens is 2. The summed E-state index contributed by atoms with van der Waals surface area (Å²) in [5, 5.41) is 0. The van der Waals surface area contributed by atoms with Gasteiger partial charge in [0.25, 0.3) is 0 Å². The first-order chi connectivity index (χ1) is 7.72. The van der Waals surface area contributed by atoms with Crippen molar-refractivity contribution in [2.75, 3.05) is 19.6 Å². The topological polar surface area (TPSA) is 57.9 Å². The molecule has 1 aromatic heterocycles. The molecular formula is C11H19BrN4. The van der Waals surface area contributed by atoms with E-state index in [1.54, 1.807) is 0 Å². The monoisotopic (exact) mass is 286 g/mol. The summed E-state index contributed by atoms with van der Waals surface area (Å²) in [4.78, 5) is 10.1. The lowest BCUT2D eigenvalue weighted by Crippen LogP contribution is -2.37. The fraction of sp³-hybridized carbons (Fsp3) is 0.727. The molecule has 16 heavy (non-hydrogen) atoms. The number of nitrogens with zero attached hydrogens (tertiary/aromatic N) is 2. The Labute approximate surface area is 105 Å². The summed E-state index contributed by atoms with van der Waals surface area (Å²) < 4.78 is 0.908. The van der Waals surface area contributed by atoms with Gasteiger partial charge >= 0.3 is 0 Å². The van der Waals surface area contributed by atoms with Gasteiger partial charge in [0.2, 0.25) is 0 Å². The maximum atomic E-state index is 5.90. The highest BCUT2D eigenvalue weighted by molar-refractivity contribution is 9.10. The minimum Gasteiger partial charge on any atom is -0.344 e. The summed E-state index contributed by atoms with van der Waals surface area (Å²) in [6, 6.07) is 0.274. The van der Waals surface area contributed by atoms with Crippen LogP contribution >= 0.6 is 15.9 Å². The molecule has 1 unspecified atom stereocenters. The molecule has 1 aromatic rings. The lowest BCUT2D eigenvalue weighted by Gasteiger charge is -2.33. The van der Waals surface area contributed by atoms with Crippen LogP contribution in [0.4, 0.5) is 0 Å². The first-order valence-corrected chi connectivity index (χ1v) is 6.68. The number of imidazole rings is 1. The van der Waals surface area contributed by atoms with Gasteiger partial charge in [-0.2, -0.15) is 0 Å². The number of nitrogens with one attached hydrogen (secondary N) is 1. The predicted molar refractivity (Wildman–Crippen MR) is 68.2 cm³/mol. The van der Waals surface area contributed by atoms with Gasteiger partial charge in [-0.25, -0.2) is 4.98 Å². The van der Waals surface area contributed by atoms with Crippen LogP contribution in [0.1, 0.15) is 36.8 Å². The normalized spacial score (nSPS) is 19.9. The number of H-pyrrole nitrogens is 1. The molecule has 2 rings (SSSR count). The molecule has 1 saturated heterocycles. The molecule has 4 nitrogen and oxygen atoms in total. The Kier molecular flexibility index (Phi) is 4.00. The average Bonchev–Trinajstić information content (AvgIpc) is 2.61. The molecule has 3 N–H and O–H groups in total. The zero-order chi connectivity index (χ0) is 11.5. The van der Waals surface area contributed by atoms with Gasteiger partial charge in [0.05, 0.1) is 11.7 Å². The van der Waals surface area contributed by atoms with Crippen molar-refractivity contribution in [2.45, 2.75) is 32.2 Å². The third kappa shape index (κ3) is 2.47. The predicted octanol–water partition coefficient (Wildman–Crippen LogP) is 1.97. The van der Waals surface area contributed by atoms with Crippen molar-refractivity contribution < 1.29 is 0 Å². The van der Waals surface area contributed by atoms with E-state index >= 15 is 0 Å². The Morgan fingerprint density at radius 3 is 2.62 bits per heavy atom. The molecule has 1 atom stereocenters. The quantitative estimate of drug-likeness (QED) is 0.893. The van der Waals surface area contributed by atoms with Crippen molar-refractivity contribution in [1.29, 1.82) is 0 Å². The van der Waals surface area contributed by atoms with Crippen LogP contribution in [0.25, 0.3) is 0 Å². The molecule has 90 valence electrons. The van der Waals surface area contributed by atoms with Crippen molar-refractivity contribution in [1.82, 2.24) is 14.9 Å². The molecule has 0 aliphatic carbocycles. The molecule has 0 bridgehead atoms. The van der Waals surface area contributed by atoms with Crippen molar-refractivity contribution >= 4 is 15.9 Å². The van der Waals surface area contributed by atoms with Gasteiger partial charge in [-0.15, -0.1) is 0 Å². The van der Waals surface area contributed by atoms with Crippen LogP contribution in [-0.2, 0) is 0 Å². The van der Waals surface area contributed by atoms with Crippen LogP contribution in [0.15, 0.2) is 4.60 Å². The summed E-state index contributed by atoms with van der Waals surface area (Å²) in [7, 11) is 0. The summed E-state index contributed by atoms with van der Waals surface area (Å²) in [5.74, 6) is 0.942. The summed E-state index contributed by atoms with van der Waals surface area (Å²) >= 11 is 3.50. The number of rotatable bonds is 3. The van der Waals surface area contributed by atoms with E-state index in [-0.39, 0.29) is 6.04 Å². The van der Waals surface area contributed by atoms with Gasteiger partial charge in [0.15, 0.2) is 0 Å². The van der Waals surface area contributed by atoms with Crippen LogP contribution in [0.2, 0.25) is 0 Å². The fourth-order valence-electron chi connectivity index (χ4n) is 2.38. The number of piperidine rings is 1. The number of nitrogens with two attached hydrogens (primary N) is 1. The first kappa shape index (κ1) is 12.1. The largest absolute Gasteiger partial charge is 0.344 e. The molecule has 2 heterocycles. The summed E-state index contributed by atoms with van der Waals surface area (Å²) in [5.41, 5.74) is 7.03. The molecule has 5 heteroatoms. The van der Waals surface area contributed by atoms with Crippen LogP contribution in [-0.4, -0.2) is 34.5 Å². The second kappa shape index (κ2) is 5.29. The van der Waals surface area contributed by atoms with E-state index in [9.17, 15) is 0 Å². The Morgan fingerprint density at radius 1 is 1.44 bits per heavy atom. The number of aromatic amines is 1. The number of likely N-dealkylation sites (tertiary alicyclic amines) is 1. The van der Waals surface area contributed by atoms with Gasteiger partial charge in [-0.05, 0) is 48.8 Å². The second-order valence-electron chi connectivity index (χ2n) is 4.37. The lowest BCUT2D eigenvalue weighted by atomic mass is 10.1. The molecule has 0 saturated carbocycles. The molecule has 1 aliphatic rings. The van der Waals surface area contributed by atoms with E-state index in [4.69, 9.17) is 5.73 Å². The van der Waals surface area contributed by atoms with Crippen molar-refractivity contribution in [3.8, 4) is 0 Å². The van der Waals surface area contributed by atoms with Gasteiger partial charge in [-0.1, -0.05) is 6.42 Å². The molecule has 0 amide bonds. The lowest BCUT2D eigenvalue weighted by molar-refractivity contribution is 0.164. The van der Waals surface area contributed by atoms with Crippen LogP contribution in [0, 0.1) is 6.92 Å². The van der Waals surface area contributed by atoms with E-state index in [1.165, 1.54) is 19.3 Å². The smallest absolute Gasteiger partial charge is 0.129 e. The van der Waals surface area contributed by atoms with Crippen molar-refractivity contribution in [2.24, 2.45) is 5.73 Å². The number of hydrogen-bond donors (Lipinski definition) is 2. The summed E-state index contributed by atoms with van der Waals surface area (Å²) in [6.07, 6.45) is 3.90. The van der Waals surface area contributed by atoms with E-state index in [1.807, 2.05) is 6.92 Å². The number of aryl methyl sites for hydroxylation is 1. The van der Waals surface area contributed by atoms with E-state index in [0.29, 0.717) is 6.54 Å². The molecular weight excluding hydrogens is 268 g/mol. The van der Waals surface area contributed by atoms with Gasteiger partial charge in [0, 0.05) is 6.54 Å². The third-order valence-corrected chi connectivity index (χ3v) is 3.80. The molecule has 0 aromatic carbocycles. The second-order valence-corrected chi connectivity index (χ2v) is 5.13. The fourth-order valence-corrected chi connectivity index (χ4v) is 3.01. The van der Waals surface area contributed by atoms with Gasteiger partial charge in [-0.3, -0.25) is 4.90 Å². The summed E-state index contributed by atoms with van der Waals surface area (Å²) in [6.45, 7) is 4.90. The Morgan fingerprint density at radius 2 is 2.12 bits per heavy atom. The highest BCUT2D eigenvalue weighted by Crippen LogP contribution is 2.27. The zero-order valence-electron chi connectivity index (χ0n) is 9.67. The van der Waals surface area contributed by atoms with Crippen molar-refractivity contribution in [3.05, 3.63) is 16.1 Å². The minimum atomic E-state index is 0.274. The SMILES string of the molecule is Cc1nc(Br)c(C(CN)N2CCCCC2)[nH]1. The first-order valence-electron chi connectivity index (χ1n) is 5.88. The Balaban J connectivity index is 2.17.